The zero-order chi connectivity index (χ0) is 25.7. The van der Waals surface area contributed by atoms with Crippen molar-refractivity contribution in [2.24, 2.45) is 5.92 Å². The smallest absolute Gasteiger partial charge is 0.250 e. The molecule has 1 heterocycles. The average molecular weight is 492 g/mol. The maximum atomic E-state index is 13.4. The van der Waals surface area contributed by atoms with Gasteiger partial charge in [0, 0.05) is 5.92 Å². The number of nitrogens with one attached hydrogen (secondary N) is 1. The zero-order valence-electron chi connectivity index (χ0n) is 20.5. The van der Waals surface area contributed by atoms with E-state index >= 15 is 0 Å². The number of aliphatic hydroxyl groups excluding tert-OH is 1. The second-order valence-corrected chi connectivity index (χ2v) is 9.20. The fraction of sp³-hybridized carbons (Fsp3) is 0.321. The third-order valence-corrected chi connectivity index (χ3v) is 7.40. The molecule has 1 fully saturated rings. The summed E-state index contributed by atoms with van der Waals surface area (Å²) in [4.78, 5) is 18.3. The van der Waals surface area contributed by atoms with Gasteiger partial charge in [0.25, 0.3) is 0 Å². The van der Waals surface area contributed by atoms with Crippen LogP contribution in [0.5, 0.6) is 17.2 Å². The van der Waals surface area contributed by atoms with Crippen LogP contribution in [0.1, 0.15) is 28.2 Å². The van der Waals surface area contributed by atoms with Gasteiger partial charge in [0.1, 0.15) is 23.4 Å². The van der Waals surface area contributed by atoms with Crippen molar-refractivity contribution in [3.63, 3.8) is 0 Å². The number of rotatable bonds is 6. The lowest BCUT2D eigenvalue weighted by molar-refractivity contribution is -0.157. The second-order valence-electron chi connectivity index (χ2n) is 9.20. The Morgan fingerprint density at radius 3 is 2.31 bits per heavy atom. The number of hydrogen-bond acceptors (Lipinski definition) is 7. The summed E-state index contributed by atoms with van der Waals surface area (Å²) in [6.07, 6.45) is -1.57. The Morgan fingerprint density at radius 2 is 1.69 bits per heavy atom. The molecule has 36 heavy (non-hydrogen) atoms. The Hall–Kier alpha value is -3.59. The summed E-state index contributed by atoms with van der Waals surface area (Å²) >= 11 is 0. The van der Waals surface area contributed by atoms with E-state index < -0.39 is 35.0 Å². The Bertz CT molecular complexity index is 1280. The van der Waals surface area contributed by atoms with Crippen LogP contribution in [-0.4, -0.2) is 43.6 Å². The van der Waals surface area contributed by atoms with Gasteiger partial charge in [0.2, 0.25) is 5.91 Å². The van der Waals surface area contributed by atoms with Crippen LogP contribution < -0.4 is 19.7 Å². The topological polar surface area (TPSA) is 106 Å². The lowest BCUT2D eigenvalue weighted by Gasteiger charge is -2.40. The minimum absolute atomic E-state index is 0.299. The molecule has 0 aromatic heterocycles. The molecule has 8 nitrogen and oxygen atoms in total. The standard InChI is InChI=1S/C28H29NO7/c1-16-14-20(34-3)24-21(15-16)36-28(18-10-12-19(33-2)13-11-18)23(17-8-6-5-7-9-17)22(26(31)29-35-4)25(30)27(24,28)32/h5-15,22-23,25,30,32H,1-4H3,(H,29,31)/t22-,23-,25-,27+,28+/m1/s1. The molecule has 1 saturated carbocycles. The Balaban J connectivity index is 1.87. The van der Waals surface area contributed by atoms with Crippen molar-refractivity contribution in [2.45, 2.75) is 30.1 Å². The summed E-state index contributed by atoms with van der Waals surface area (Å²) < 4.78 is 17.8. The molecule has 3 aromatic carbocycles. The highest BCUT2D eigenvalue weighted by atomic mass is 16.6. The lowest BCUT2D eigenvalue weighted by atomic mass is 9.70. The average Bonchev–Trinajstić information content (AvgIpc) is 3.26. The molecule has 0 bridgehead atoms. The molecule has 0 spiro atoms. The third kappa shape index (κ3) is 3.15. The monoisotopic (exact) mass is 491 g/mol. The van der Waals surface area contributed by atoms with Crippen LogP contribution in [0.2, 0.25) is 0 Å². The predicted molar refractivity (Wildman–Crippen MR) is 131 cm³/mol. The van der Waals surface area contributed by atoms with Gasteiger partial charge < -0.3 is 24.4 Å². The first-order valence-corrected chi connectivity index (χ1v) is 11.6. The van der Waals surface area contributed by atoms with Gasteiger partial charge in [-0.05, 0) is 47.9 Å². The molecule has 3 N–H and O–H groups in total. The maximum absolute atomic E-state index is 13.4. The van der Waals surface area contributed by atoms with Gasteiger partial charge in [-0.25, -0.2) is 5.48 Å². The summed E-state index contributed by atoms with van der Waals surface area (Å²) in [5, 5.41) is 24.6. The number of fused-ring (bicyclic) bond motifs is 3. The van der Waals surface area contributed by atoms with E-state index in [-0.39, 0.29) is 0 Å². The van der Waals surface area contributed by atoms with Gasteiger partial charge in [-0.15, -0.1) is 0 Å². The quantitative estimate of drug-likeness (QED) is 0.455. The molecule has 5 atom stereocenters. The predicted octanol–water partition coefficient (Wildman–Crippen LogP) is 2.94. The molecule has 8 heteroatoms. The normalized spacial score (nSPS) is 28.1. The number of hydrogen-bond donors (Lipinski definition) is 3. The van der Waals surface area contributed by atoms with Gasteiger partial charge in [-0.3, -0.25) is 9.63 Å². The molecule has 1 aliphatic carbocycles. The molecular formula is C28H29NO7. The third-order valence-electron chi connectivity index (χ3n) is 7.40. The summed E-state index contributed by atoms with van der Waals surface area (Å²) in [6, 6.07) is 19.9. The van der Waals surface area contributed by atoms with Crippen LogP contribution in [0.25, 0.3) is 0 Å². The van der Waals surface area contributed by atoms with E-state index in [1.54, 1.807) is 43.5 Å². The van der Waals surface area contributed by atoms with E-state index in [1.165, 1.54) is 14.2 Å². The number of aryl methyl sites for hydroxylation is 1. The molecule has 188 valence electrons. The number of carbonyl (C=O) groups is 1. The molecule has 5 rings (SSSR count). The molecule has 1 aliphatic heterocycles. The maximum Gasteiger partial charge on any atom is 0.250 e. The van der Waals surface area contributed by atoms with E-state index in [2.05, 4.69) is 5.48 Å². The fourth-order valence-electron chi connectivity index (χ4n) is 6.00. The van der Waals surface area contributed by atoms with Gasteiger partial charge in [-0.1, -0.05) is 42.5 Å². The van der Waals surface area contributed by atoms with Gasteiger partial charge >= 0.3 is 0 Å². The SMILES string of the molecule is CONC(=O)[C@H]1[C@@H](O)[C@@]2(O)c3c(OC)cc(C)cc3O[C@@]2(c2ccc(OC)cc2)[C@@H]1c1ccccc1. The highest BCUT2D eigenvalue weighted by molar-refractivity contribution is 5.82. The number of methoxy groups -OCH3 is 2. The van der Waals surface area contributed by atoms with E-state index in [9.17, 15) is 15.0 Å². The highest BCUT2D eigenvalue weighted by Crippen LogP contribution is 2.70. The number of ether oxygens (including phenoxy) is 3. The number of aliphatic hydroxyl groups is 2. The van der Waals surface area contributed by atoms with Gasteiger partial charge in [-0.2, -0.15) is 0 Å². The zero-order valence-corrected chi connectivity index (χ0v) is 20.5. The van der Waals surface area contributed by atoms with Gasteiger partial charge in [0.15, 0.2) is 11.2 Å². The van der Waals surface area contributed by atoms with Crippen LogP contribution >= 0.6 is 0 Å². The number of amides is 1. The van der Waals surface area contributed by atoms with Crippen LogP contribution in [0.4, 0.5) is 0 Å². The first-order valence-electron chi connectivity index (χ1n) is 11.6. The minimum atomic E-state index is -2.05. The summed E-state index contributed by atoms with van der Waals surface area (Å²) in [6.45, 7) is 1.89. The Morgan fingerprint density at radius 1 is 1.00 bits per heavy atom. The van der Waals surface area contributed by atoms with Crippen molar-refractivity contribution < 1.29 is 34.1 Å². The number of hydroxylamine groups is 1. The fourth-order valence-corrected chi connectivity index (χ4v) is 6.00. The van der Waals surface area contributed by atoms with Crippen molar-refractivity contribution in [3.8, 4) is 17.2 Å². The molecule has 2 aliphatic rings. The molecule has 0 saturated heterocycles. The highest BCUT2D eigenvalue weighted by Gasteiger charge is 2.78. The van der Waals surface area contributed by atoms with Crippen molar-refractivity contribution in [1.82, 2.24) is 5.48 Å². The summed E-state index contributed by atoms with van der Waals surface area (Å²) in [5.74, 6) is -1.15. The Kier molecular flexibility index (Phi) is 5.90. The van der Waals surface area contributed by atoms with E-state index in [0.717, 1.165) is 5.56 Å². The largest absolute Gasteiger partial charge is 0.497 e. The van der Waals surface area contributed by atoms with Crippen LogP contribution in [-0.2, 0) is 20.8 Å². The minimum Gasteiger partial charge on any atom is -0.497 e. The molecular weight excluding hydrogens is 462 g/mol. The van der Waals surface area contributed by atoms with Crippen molar-refractivity contribution in [2.75, 3.05) is 21.3 Å². The van der Waals surface area contributed by atoms with Crippen molar-refractivity contribution in [3.05, 3.63) is 89.0 Å². The molecule has 1 amide bonds. The van der Waals surface area contributed by atoms with E-state index in [0.29, 0.717) is 33.9 Å². The van der Waals surface area contributed by atoms with E-state index in [4.69, 9.17) is 19.0 Å². The van der Waals surface area contributed by atoms with Crippen molar-refractivity contribution >= 4 is 5.91 Å². The molecule has 0 unspecified atom stereocenters. The molecule has 0 radical (unpaired) electrons. The van der Waals surface area contributed by atoms with Crippen molar-refractivity contribution in [1.29, 1.82) is 0 Å². The second kappa shape index (κ2) is 8.81. The first-order chi connectivity index (χ1) is 17.3. The van der Waals surface area contributed by atoms with E-state index in [1.807, 2.05) is 37.3 Å². The number of benzene rings is 3. The lowest BCUT2D eigenvalue weighted by Crippen LogP contribution is -2.52. The Labute approximate surface area is 209 Å². The first kappa shape index (κ1) is 24.1. The van der Waals surface area contributed by atoms with Gasteiger partial charge in [0.05, 0.1) is 32.8 Å². The van der Waals surface area contributed by atoms with Crippen LogP contribution in [0.15, 0.2) is 66.7 Å². The molecule has 3 aromatic rings. The van der Waals surface area contributed by atoms with Crippen LogP contribution in [0.3, 0.4) is 0 Å². The van der Waals surface area contributed by atoms with Crippen LogP contribution in [0, 0.1) is 12.8 Å². The summed E-state index contributed by atoms with van der Waals surface area (Å²) in [7, 11) is 4.39. The summed E-state index contributed by atoms with van der Waals surface area (Å²) in [5.41, 5.74) is 1.16. The number of carbonyl (C=O) groups excluding carboxylic acids is 1.